The van der Waals surface area contributed by atoms with Gasteiger partial charge in [0, 0.05) is 19.8 Å². The van der Waals surface area contributed by atoms with Gasteiger partial charge in [0.15, 0.2) is 11.6 Å². The Morgan fingerprint density at radius 3 is 2.33 bits per heavy atom. The minimum absolute atomic E-state index is 0.0436. The van der Waals surface area contributed by atoms with Gasteiger partial charge in [-0.15, -0.1) is 0 Å². The maximum absolute atomic E-state index is 13.3. The molecule has 0 saturated carbocycles. The molecule has 0 unspecified atom stereocenters. The van der Waals surface area contributed by atoms with E-state index in [1.54, 1.807) is 19.9 Å². The largest absolute Gasteiger partial charge is 0.331 e. The van der Waals surface area contributed by atoms with E-state index in [-0.39, 0.29) is 4.90 Å². The number of carbonyl (C=O) groups is 1. The molecule has 0 spiro atoms. The Hall–Kier alpha value is -2.52. The fourth-order valence-electron chi connectivity index (χ4n) is 2.33. The molecule has 1 atom stereocenters. The first kappa shape index (κ1) is 20.8. The summed E-state index contributed by atoms with van der Waals surface area (Å²) in [7, 11) is -0.812. The van der Waals surface area contributed by atoms with Crippen LogP contribution in [0.3, 0.4) is 0 Å². The maximum Gasteiger partial charge on any atom is 0.319 e. The van der Waals surface area contributed by atoms with Crippen molar-refractivity contribution < 1.29 is 22.0 Å². The Morgan fingerprint density at radius 1 is 1.07 bits per heavy atom. The fourth-order valence-corrected chi connectivity index (χ4v) is 3.26. The Morgan fingerprint density at radius 2 is 1.74 bits per heavy atom. The lowest BCUT2D eigenvalue weighted by molar-refractivity contribution is 0.249. The molecule has 6 nitrogen and oxygen atoms in total. The first-order valence-electron chi connectivity index (χ1n) is 8.08. The number of carbonyl (C=O) groups excluding carboxylic acids is 1. The van der Waals surface area contributed by atoms with Gasteiger partial charge in [0.1, 0.15) is 0 Å². The number of hydrogen-bond donors (Lipinski definition) is 2. The Labute approximate surface area is 157 Å². The van der Waals surface area contributed by atoms with Gasteiger partial charge in [0.2, 0.25) is 10.0 Å². The zero-order valence-electron chi connectivity index (χ0n) is 15.4. The van der Waals surface area contributed by atoms with Gasteiger partial charge in [-0.05, 0) is 49.2 Å². The third-order valence-corrected chi connectivity index (χ3v) is 5.84. The van der Waals surface area contributed by atoms with Crippen molar-refractivity contribution in [3.63, 3.8) is 0 Å². The van der Waals surface area contributed by atoms with E-state index >= 15 is 0 Å². The summed E-state index contributed by atoms with van der Waals surface area (Å²) in [5, 5.41) is 5.19. The number of rotatable bonds is 5. The fraction of sp³-hybridized carbons (Fsp3) is 0.278. The molecule has 0 saturated heterocycles. The number of nitrogens with zero attached hydrogens (tertiary/aromatic N) is 1. The van der Waals surface area contributed by atoms with E-state index in [4.69, 9.17) is 0 Å². The number of benzene rings is 2. The summed E-state index contributed by atoms with van der Waals surface area (Å²) in [5.41, 5.74) is 1.39. The highest BCUT2D eigenvalue weighted by atomic mass is 32.2. The van der Waals surface area contributed by atoms with Gasteiger partial charge in [0.25, 0.3) is 0 Å². The van der Waals surface area contributed by atoms with Gasteiger partial charge in [-0.1, -0.05) is 12.1 Å². The smallest absolute Gasteiger partial charge is 0.319 e. The van der Waals surface area contributed by atoms with Crippen LogP contribution in [-0.4, -0.2) is 32.8 Å². The summed E-state index contributed by atoms with van der Waals surface area (Å²) in [4.78, 5) is 12.3. The number of sulfonamides is 1. The van der Waals surface area contributed by atoms with Gasteiger partial charge in [-0.3, -0.25) is 0 Å². The quantitative estimate of drug-likeness (QED) is 0.812. The average molecular weight is 397 g/mol. The van der Waals surface area contributed by atoms with Crippen LogP contribution in [0.1, 0.15) is 24.1 Å². The minimum atomic E-state index is -3.64. The van der Waals surface area contributed by atoms with Crippen molar-refractivity contribution in [2.75, 3.05) is 19.4 Å². The summed E-state index contributed by atoms with van der Waals surface area (Å²) in [6.07, 6.45) is 0. The van der Waals surface area contributed by atoms with Crippen molar-refractivity contribution in [3.05, 3.63) is 59.2 Å². The molecule has 146 valence electrons. The topological polar surface area (TPSA) is 78.5 Å². The van der Waals surface area contributed by atoms with E-state index in [0.29, 0.717) is 16.8 Å². The molecule has 0 radical (unpaired) electrons. The van der Waals surface area contributed by atoms with E-state index in [0.717, 1.165) is 16.4 Å². The van der Waals surface area contributed by atoms with Crippen LogP contribution in [0.25, 0.3) is 0 Å². The summed E-state index contributed by atoms with van der Waals surface area (Å²) in [6, 6.07) is 6.59. The Balaban J connectivity index is 2.16. The third kappa shape index (κ3) is 4.81. The van der Waals surface area contributed by atoms with Crippen molar-refractivity contribution in [2.45, 2.75) is 24.8 Å². The van der Waals surface area contributed by atoms with Gasteiger partial charge >= 0.3 is 6.03 Å². The normalized spacial score (nSPS) is 12.7. The molecule has 2 amide bonds. The summed E-state index contributed by atoms with van der Waals surface area (Å²) in [6.45, 7) is 3.34. The predicted octanol–water partition coefficient (Wildman–Crippen LogP) is 3.41. The van der Waals surface area contributed by atoms with Gasteiger partial charge in [0.05, 0.1) is 10.9 Å². The lowest BCUT2D eigenvalue weighted by Crippen LogP contribution is -2.31. The van der Waals surface area contributed by atoms with Crippen LogP contribution >= 0.6 is 0 Å². The van der Waals surface area contributed by atoms with Crippen molar-refractivity contribution >= 4 is 21.7 Å². The summed E-state index contributed by atoms with van der Waals surface area (Å²) in [5.74, 6) is -1.97. The maximum atomic E-state index is 13.3. The molecule has 0 fully saturated rings. The molecule has 2 aromatic carbocycles. The highest BCUT2D eigenvalue weighted by Crippen LogP contribution is 2.22. The standard InChI is InChI=1S/C18H21F2N3O3S/c1-11-5-7-14(27(25,26)23(3)4)10-17(11)22-18(24)21-12(2)13-6-8-15(19)16(20)9-13/h5-10,12H,1-4H3,(H2,21,22,24)/t12-/m0/s1. The van der Waals surface area contributed by atoms with E-state index in [2.05, 4.69) is 10.6 Å². The monoisotopic (exact) mass is 397 g/mol. The molecule has 0 aromatic heterocycles. The molecule has 0 aliphatic carbocycles. The molecule has 0 bridgehead atoms. The zero-order chi connectivity index (χ0) is 20.4. The predicted molar refractivity (Wildman–Crippen MR) is 99.0 cm³/mol. The van der Waals surface area contributed by atoms with Crippen LogP contribution in [0, 0.1) is 18.6 Å². The molecule has 2 aromatic rings. The molecule has 2 N–H and O–H groups in total. The zero-order valence-corrected chi connectivity index (χ0v) is 16.2. The lowest BCUT2D eigenvalue weighted by Gasteiger charge is -2.17. The van der Waals surface area contributed by atoms with Crippen LogP contribution in [-0.2, 0) is 10.0 Å². The van der Waals surface area contributed by atoms with E-state index in [1.807, 2.05) is 0 Å². The Bertz CT molecular complexity index is 962. The molecule has 0 heterocycles. The molecule has 2 rings (SSSR count). The summed E-state index contributed by atoms with van der Waals surface area (Å²) >= 11 is 0. The van der Waals surface area contributed by atoms with Crippen molar-refractivity contribution in [2.24, 2.45) is 0 Å². The Kier molecular flexibility index (Phi) is 6.17. The minimum Gasteiger partial charge on any atom is -0.331 e. The third-order valence-electron chi connectivity index (χ3n) is 4.03. The summed E-state index contributed by atoms with van der Waals surface area (Å²) < 4.78 is 51.9. The van der Waals surface area contributed by atoms with Crippen molar-refractivity contribution in [1.82, 2.24) is 9.62 Å². The number of amides is 2. The number of aryl methyl sites for hydroxylation is 1. The van der Waals surface area contributed by atoms with Gasteiger partial charge in [-0.25, -0.2) is 26.3 Å². The van der Waals surface area contributed by atoms with E-state index in [1.165, 1.54) is 32.3 Å². The van der Waals surface area contributed by atoms with Gasteiger partial charge < -0.3 is 10.6 Å². The molecule has 27 heavy (non-hydrogen) atoms. The first-order valence-corrected chi connectivity index (χ1v) is 9.52. The molecule has 0 aliphatic rings. The van der Waals surface area contributed by atoms with Crippen LogP contribution in [0.15, 0.2) is 41.3 Å². The van der Waals surface area contributed by atoms with E-state index in [9.17, 15) is 22.0 Å². The van der Waals surface area contributed by atoms with Gasteiger partial charge in [-0.2, -0.15) is 0 Å². The molecule has 9 heteroatoms. The second kappa shape index (κ2) is 8.01. The average Bonchev–Trinajstić information content (AvgIpc) is 2.58. The van der Waals surface area contributed by atoms with Crippen LogP contribution in [0.5, 0.6) is 0 Å². The number of anilines is 1. The number of nitrogens with one attached hydrogen (secondary N) is 2. The second-order valence-electron chi connectivity index (χ2n) is 6.26. The SMILES string of the molecule is Cc1ccc(S(=O)(=O)N(C)C)cc1NC(=O)N[C@@H](C)c1ccc(F)c(F)c1. The van der Waals surface area contributed by atoms with Crippen LogP contribution in [0.2, 0.25) is 0 Å². The molecular weight excluding hydrogens is 376 g/mol. The number of halogens is 2. The van der Waals surface area contributed by atoms with E-state index < -0.39 is 33.7 Å². The van der Waals surface area contributed by atoms with Crippen molar-refractivity contribution in [1.29, 1.82) is 0 Å². The number of hydrogen-bond acceptors (Lipinski definition) is 3. The van der Waals surface area contributed by atoms with Crippen LogP contribution < -0.4 is 10.6 Å². The second-order valence-corrected chi connectivity index (χ2v) is 8.41. The van der Waals surface area contributed by atoms with Crippen LogP contribution in [0.4, 0.5) is 19.3 Å². The molecular formula is C18H21F2N3O3S. The first-order chi connectivity index (χ1) is 12.5. The lowest BCUT2D eigenvalue weighted by atomic mass is 10.1. The van der Waals surface area contributed by atoms with Crippen molar-refractivity contribution in [3.8, 4) is 0 Å². The highest BCUT2D eigenvalue weighted by Gasteiger charge is 2.19. The highest BCUT2D eigenvalue weighted by molar-refractivity contribution is 7.89. The number of urea groups is 1. The molecule has 0 aliphatic heterocycles.